The van der Waals surface area contributed by atoms with Crippen LogP contribution in [-0.2, 0) is 25.5 Å². The summed E-state index contributed by atoms with van der Waals surface area (Å²) in [5, 5.41) is 2.11. The molecule has 1 saturated heterocycles. The molecule has 2 atom stereocenters. The van der Waals surface area contributed by atoms with Crippen LogP contribution in [0, 0.1) is 25.6 Å². The Morgan fingerprint density at radius 1 is 1.17 bits per heavy atom. The van der Waals surface area contributed by atoms with Gasteiger partial charge in [0.15, 0.2) is 0 Å². The Labute approximate surface area is 277 Å². The molecular formula is C30H28F8LiN3O5-2. The minimum atomic E-state index is -4.99. The summed E-state index contributed by atoms with van der Waals surface area (Å²) in [5.41, 5.74) is -3.88. The Morgan fingerprint density at radius 3 is 2.30 bits per heavy atom. The largest absolute Gasteiger partial charge is 1.00 e. The van der Waals surface area contributed by atoms with E-state index in [0.717, 1.165) is 19.1 Å². The van der Waals surface area contributed by atoms with E-state index in [1.807, 2.05) is 0 Å². The summed E-state index contributed by atoms with van der Waals surface area (Å²) in [7, 11) is 2.08. The number of morpholine rings is 1. The van der Waals surface area contributed by atoms with E-state index in [4.69, 9.17) is 11.3 Å². The van der Waals surface area contributed by atoms with Gasteiger partial charge in [-0.15, -0.1) is 0 Å². The molecule has 0 bridgehead atoms. The number of likely N-dealkylation sites (N-methyl/N-ethyl adjacent to an activating group) is 1. The molecule has 17 heteroatoms. The number of anilines is 2. The van der Waals surface area contributed by atoms with Gasteiger partial charge in [-0.1, -0.05) is 23.4 Å². The maximum Gasteiger partial charge on any atom is 1.00 e. The molecule has 0 aromatic heterocycles. The van der Waals surface area contributed by atoms with Crippen molar-refractivity contribution in [3.05, 3.63) is 90.5 Å². The van der Waals surface area contributed by atoms with Crippen LogP contribution in [0.15, 0.2) is 53.7 Å². The van der Waals surface area contributed by atoms with Crippen molar-refractivity contribution in [1.29, 1.82) is 0 Å². The fraction of sp³-hybridized carbons (Fsp3) is 0.333. The van der Waals surface area contributed by atoms with Gasteiger partial charge in [-0.05, 0) is 29.8 Å². The molecule has 47 heavy (non-hydrogen) atoms. The maximum atomic E-state index is 15.0. The van der Waals surface area contributed by atoms with Gasteiger partial charge < -0.3 is 36.8 Å². The van der Waals surface area contributed by atoms with Crippen LogP contribution in [0.5, 0.6) is 0 Å². The van der Waals surface area contributed by atoms with Crippen molar-refractivity contribution in [1.82, 2.24) is 5.32 Å². The van der Waals surface area contributed by atoms with Crippen molar-refractivity contribution in [2.75, 3.05) is 43.7 Å². The maximum absolute atomic E-state index is 15.0. The number of rotatable bonds is 10. The number of halogens is 8. The van der Waals surface area contributed by atoms with Crippen molar-refractivity contribution in [2.45, 2.75) is 30.9 Å². The number of alkyl halides is 6. The molecule has 0 radical (unpaired) electrons. The first kappa shape index (κ1) is 41.2. The quantitative estimate of drug-likeness (QED) is 0.104. The average Bonchev–Trinajstić information content (AvgIpc) is 2.97. The van der Waals surface area contributed by atoms with Crippen LogP contribution in [0.1, 0.15) is 15.9 Å². The topological polar surface area (TPSA) is 88.2 Å². The monoisotopic (exact) mass is 669 g/mol. The molecule has 1 heterocycles. The van der Waals surface area contributed by atoms with Crippen LogP contribution in [0.4, 0.5) is 46.5 Å². The Hall–Kier alpha value is -3.87. The third-order valence-electron chi connectivity index (χ3n) is 6.78. The summed E-state index contributed by atoms with van der Waals surface area (Å²) in [6.07, 6.45) is -8.78. The Kier molecular flexibility index (Phi) is 14.7. The Balaban J connectivity index is 0.00000552. The number of ether oxygens (including phenoxy) is 2. The number of benzene rings is 2. The van der Waals surface area contributed by atoms with Crippen molar-refractivity contribution in [3.63, 3.8) is 0 Å². The molecule has 1 N–H and O–H groups in total. The minimum absolute atomic E-state index is 0. The van der Waals surface area contributed by atoms with E-state index in [1.54, 1.807) is 0 Å². The third-order valence-corrected chi connectivity index (χ3v) is 6.78. The average molecular weight is 669 g/mol. The number of amides is 1. The first-order valence-electron chi connectivity index (χ1n) is 12.9. The van der Waals surface area contributed by atoms with E-state index in [0.29, 0.717) is 17.0 Å². The SMILES string of the molecule is [CH-]=C/C(=C(\[C-]=O)N(C)c1cccc(C[C@H](NC(=O)c2c(F)cc(N3CCOC[C@@H]3C(F)(F)F)cc2F)C(=O)OC)c1)C(F)(F)F.[CH3-].[Li+]. The molecule has 1 aliphatic rings. The summed E-state index contributed by atoms with van der Waals surface area (Å²) < 4.78 is 120. The molecule has 8 nitrogen and oxygen atoms in total. The van der Waals surface area contributed by atoms with Gasteiger partial charge >= 0.3 is 37.2 Å². The predicted molar refractivity (Wildman–Crippen MR) is 150 cm³/mol. The molecule has 1 fully saturated rings. The van der Waals surface area contributed by atoms with Crippen molar-refractivity contribution in [2.24, 2.45) is 0 Å². The van der Waals surface area contributed by atoms with Crippen LogP contribution in [-0.4, -0.2) is 76.5 Å². The first-order valence-corrected chi connectivity index (χ1v) is 12.9. The number of methoxy groups -OCH3 is 1. The second kappa shape index (κ2) is 16.8. The van der Waals surface area contributed by atoms with Gasteiger partial charge in [-0.2, -0.15) is 26.3 Å². The van der Waals surface area contributed by atoms with Crippen LogP contribution in [0.25, 0.3) is 0 Å². The molecule has 1 amide bonds. The molecule has 0 unspecified atom stereocenters. The number of nitrogens with zero attached hydrogens (tertiary/aromatic N) is 2. The number of carbonyl (C=O) groups excluding carboxylic acids is 3. The zero-order valence-electron chi connectivity index (χ0n) is 25.6. The molecule has 0 spiro atoms. The van der Waals surface area contributed by atoms with E-state index in [1.165, 1.54) is 30.6 Å². The van der Waals surface area contributed by atoms with Gasteiger partial charge in [0.25, 0.3) is 5.91 Å². The standard InChI is InChI=1S/C29H25F8N3O5.CH3.Li/c1-4-19(28(32,33)34)23(14-41)39(2)17-7-5-6-16(10-17)11-22(27(43)44-3)38-26(42)25-20(30)12-18(13-21(25)31)40-8-9-45-15-24(40)29(35,36)37;;/h1,4-7,10,12-13,22,24H,8-9,11,15H2,2-3H3,(H,38,42);1H3;/q-2;-1;+1/b23-19-;;/t22-,24+;;/m0../s1. The molecule has 0 saturated carbocycles. The molecule has 2 aromatic carbocycles. The van der Waals surface area contributed by atoms with Gasteiger partial charge in [0.05, 0.1) is 20.3 Å². The van der Waals surface area contributed by atoms with Crippen molar-refractivity contribution >= 4 is 29.5 Å². The minimum Gasteiger partial charge on any atom is -0.467 e. The van der Waals surface area contributed by atoms with Crippen LogP contribution < -0.4 is 34.0 Å². The summed E-state index contributed by atoms with van der Waals surface area (Å²) >= 11 is 0. The van der Waals surface area contributed by atoms with Crippen LogP contribution in [0.3, 0.4) is 0 Å². The molecule has 2 aromatic rings. The molecule has 0 aliphatic carbocycles. The summed E-state index contributed by atoms with van der Waals surface area (Å²) in [6, 6.07) is 2.67. The fourth-order valence-corrected chi connectivity index (χ4v) is 4.56. The van der Waals surface area contributed by atoms with Crippen LogP contribution >= 0.6 is 0 Å². The van der Waals surface area contributed by atoms with Gasteiger partial charge in [0.1, 0.15) is 29.3 Å². The van der Waals surface area contributed by atoms with Crippen molar-refractivity contribution < 1.29 is 77.8 Å². The zero-order chi connectivity index (χ0) is 33.7. The molecular weight excluding hydrogens is 641 g/mol. The molecule has 3 rings (SSSR count). The summed E-state index contributed by atoms with van der Waals surface area (Å²) in [6.45, 7) is 3.82. The van der Waals surface area contributed by atoms with E-state index >= 15 is 8.78 Å². The van der Waals surface area contributed by atoms with Gasteiger partial charge in [-0.25, -0.2) is 19.7 Å². The fourth-order valence-electron chi connectivity index (χ4n) is 4.56. The van der Waals surface area contributed by atoms with E-state index in [-0.39, 0.29) is 56.8 Å². The Morgan fingerprint density at radius 2 is 1.79 bits per heavy atom. The Bertz CT molecular complexity index is 1460. The second-order valence-corrected chi connectivity index (χ2v) is 9.62. The number of allylic oxidation sites excluding steroid dienone is 3. The number of carbonyl (C=O) groups is 2. The first-order chi connectivity index (χ1) is 21.0. The number of esters is 1. The van der Waals surface area contributed by atoms with Gasteiger partial charge in [0.2, 0.25) is 0 Å². The normalized spacial score (nSPS) is 16.0. The number of nitrogens with one attached hydrogen (secondary N) is 1. The van der Waals surface area contributed by atoms with Gasteiger partial charge in [-0.3, -0.25) is 11.4 Å². The number of hydrogen-bond donors (Lipinski definition) is 1. The summed E-state index contributed by atoms with van der Waals surface area (Å²) in [5.74, 6) is -5.53. The molecule has 252 valence electrons. The number of hydrogen-bond acceptors (Lipinski definition) is 7. The van der Waals surface area contributed by atoms with E-state index in [9.17, 15) is 40.7 Å². The van der Waals surface area contributed by atoms with E-state index in [2.05, 4.69) is 10.1 Å². The van der Waals surface area contributed by atoms with E-state index < -0.39 is 83.5 Å². The third kappa shape index (κ3) is 9.82. The smallest absolute Gasteiger partial charge is 0.467 e. The second-order valence-electron chi connectivity index (χ2n) is 9.62. The van der Waals surface area contributed by atoms with Crippen LogP contribution in [0.2, 0.25) is 0 Å². The van der Waals surface area contributed by atoms with Crippen molar-refractivity contribution in [3.8, 4) is 0 Å². The van der Waals surface area contributed by atoms with Gasteiger partial charge in [0, 0.05) is 37.7 Å². The summed E-state index contributed by atoms with van der Waals surface area (Å²) in [4.78, 5) is 38.4. The zero-order valence-corrected chi connectivity index (χ0v) is 25.6. The predicted octanol–water partition coefficient (Wildman–Crippen LogP) is 2.05. The molecule has 1 aliphatic heterocycles.